The van der Waals surface area contributed by atoms with E-state index in [0.717, 1.165) is 6.08 Å². The number of aliphatic carboxylic acids is 1. The first-order chi connectivity index (χ1) is 5.70. The second-order valence-corrected chi connectivity index (χ2v) is 2.41. The zero-order valence-corrected chi connectivity index (χ0v) is 6.82. The molecule has 1 rings (SSSR count). The van der Waals surface area contributed by atoms with Crippen LogP contribution in [0.15, 0.2) is 24.4 Å². The number of pyridine rings is 1. The molecule has 0 saturated heterocycles. The van der Waals surface area contributed by atoms with Gasteiger partial charge in [-0.25, -0.2) is 9.78 Å². The van der Waals surface area contributed by atoms with Gasteiger partial charge in [-0.15, -0.1) is 0 Å². The first-order valence-corrected chi connectivity index (χ1v) is 3.59. The van der Waals surface area contributed by atoms with Crippen molar-refractivity contribution in [2.75, 3.05) is 0 Å². The third kappa shape index (κ3) is 2.36. The Morgan fingerprint density at radius 1 is 1.67 bits per heavy atom. The van der Waals surface area contributed by atoms with Crippen molar-refractivity contribution in [3.63, 3.8) is 0 Å². The maximum Gasteiger partial charge on any atom is 0.328 e. The van der Waals surface area contributed by atoms with Gasteiger partial charge in [0.15, 0.2) is 0 Å². The van der Waals surface area contributed by atoms with E-state index in [4.69, 9.17) is 16.7 Å². The van der Waals surface area contributed by atoms with Gasteiger partial charge in [-0.3, -0.25) is 0 Å². The monoisotopic (exact) mass is 183 g/mol. The van der Waals surface area contributed by atoms with Crippen molar-refractivity contribution >= 4 is 23.6 Å². The summed E-state index contributed by atoms with van der Waals surface area (Å²) < 4.78 is 0. The first-order valence-electron chi connectivity index (χ1n) is 3.21. The average molecular weight is 184 g/mol. The summed E-state index contributed by atoms with van der Waals surface area (Å²) in [5.74, 6) is -1.00. The number of carboxylic acid groups (broad SMARTS) is 1. The van der Waals surface area contributed by atoms with Crippen LogP contribution in [0.5, 0.6) is 0 Å². The van der Waals surface area contributed by atoms with Gasteiger partial charge < -0.3 is 5.11 Å². The molecule has 0 saturated carbocycles. The standard InChI is InChI=1S/C8H6ClNO2/c9-8-6(2-1-5-10-8)3-4-7(11)12/h1-5H,(H,11,12). The topological polar surface area (TPSA) is 50.2 Å². The van der Waals surface area contributed by atoms with Crippen LogP contribution in [-0.2, 0) is 4.79 Å². The molecule has 0 unspecified atom stereocenters. The molecule has 4 heteroatoms. The van der Waals surface area contributed by atoms with E-state index in [9.17, 15) is 4.79 Å². The highest BCUT2D eigenvalue weighted by Gasteiger charge is 1.95. The van der Waals surface area contributed by atoms with Crippen LogP contribution in [0.4, 0.5) is 0 Å². The Kier molecular flexibility index (Phi) is 2.82. The SMILES string of the molecule is O=C(O)C=Cc1cccnc1Cl. The van der Waals surface area contributed by atoms with Gasteiger partial charge in [0, 0.05) is 17.8 Å². The Balaban J connectivity index is 2.89. The molecule has 0 radical (unpaired) electrons. The minimum absolute atomic E-state index is 0.301. The summed E-state index contributed by atoms with van der Waals surface area (Å²) in [6, 6.07) is 3.38. The van der Waals surface area contributed by atoms with Gasteiger partial charge in [0.1, 0.15) is 5.15 Å². The number of halogens is 1. The zero-order chi connectivity index (χ0) is 8.97. The Morgan fingerprint density at radius 3 is 3.00 bits per heavy atom. The van der Waals surface area contributed by atoms with E-state index >= 15 is 0 Å². The predicted octanol–water partition coefficient (Wildman–Crippen LogP) is 1.83. The number of carbonyl (C=O) groups is 1. The highest BCUT2D eigenvalue weighted by molar-refractivity contribution is 6.30. The summed E-state index contributed by atoms with van der Waals surface area (Å²) in [4.78, 5) is 13.9. The minimum atomic E-state index is -1.00. The third-order valence-electron chi connectivity index (χ3n) is 1.19. The summed E-state index contributed by atoms with van der Waals surface area (Å²) >= 11 is 5.65. The van der Waals surface area contributed by atoms with E-state index in [2.05, 4.69) is 4.98 Å². The van der Waals surface area contributed by atoms with Crippen molar-refractivity contribution in [2.24, 2.45) is 0 Å². The van der Waals surface area contributed by atoms with E-state index in [1.165, 1.54) is 6.08 Å². The lowest BCUT2D eigenvalue weighted by Crippen LogP contribution is -1.86. The van der Waals surface area contributed by atoms with Crippen molar-refractivity contribution in [3.05, 3.63) is 35.1 Å². The summed E-state index contributed by atoms with van der Waals surface area (Å²) in [6.07, 6.45) is 3.96. The minimum Gasteiger partial charge on any atom is -0.478 e. The fourth-order valence-corrected chi connectivity index (χ4v) is 0.866. The second kappa shape index (κ2) is 3.88. The number of nitrogens with zero attached hydrogens (tertiary/aromatic N) is 1. The van der Waals surface area contributed by atoms with E-state index in [0.29, 0.717) is 10.7 Å². The predicted molar refractivity (Wildman–Crippen MR) is 45.9 cm³/mol. The fourth-order valence-electron chi connectivity index (χ4n) is 0.684. The Morgan fingerprint density at radius 2 is 2.42 bits per heavy atom. The largest absolute Gasteiger partial charge is 0.478 e. The van der Waals surface area contributed by atoms with E-state index in [1.807, 2.05) is 0 Å². The lowest BCUT2D eigenvalue weighted by atomic mass is 10.2. The van der Waals surface area contributed by atoms with Gasteiger partial charge in [0.05, 0.1) is 0 Å². The summed E-state index contributed by atoms with van der Waals surface area (Å²) in [6.45, 7) is 0. The van der Waals surface area contributed by atoms with Gasteiger partial charge in [-0.05, 0) is 12.1 Å². The lowest BCUT2D eigenvalue weighted by Gasteiger charge is -1.93. The molecule has 1 aromatic heterocycles. The van der Waals surface area contributed by atoms with Crippen LogP contribution in [0.1, 0.15) is 5.56 Å². The summed E-state index contributed by atoms with van der Waals surface area (Å²) in [5, 5.41) is 8.62. The molecular weight excluding hydrogens is 178 g/mol. The Bertz CT molecular complexity index is 323. The normalized spacial score (nSPS) is 10.4. The quantitative estimate of drug-likeness (QED) is 0.562. The van der Waals surface area contributed by atoms with Gasteiger partial charge in [0.2, 0.25) is 0 Å². The first kappa shape index (κ1) is 8.74. The molecule has 0 spiro atoms. The van der Waals surface area contributed by atoms with Crippen molar-refractivity contribution in [1.29, 1.82) is 0 Å². The number of carboxylic acids is 1. The molecule has 62 valence electrons. The lowest BCUT2D eigenvalue weighted by molar-refractivity contribution is -0.131. The molecule has 1 heterocycles. The molecule has 3 nitrogen and oxygen atoms in total. The highest BCUT2D eigenvalue weighted by Crippen LogP contribution is 2.12. The van der Waals surface area contributed by atoms with Crippen LogP contribution in [0, 0.1) is 0 Å². The number of hydrogen-bond donors (Lipinski definition) is 1. The van der Waals surface area contributed by atoms with Gasteiger partial charge in [-0.2, -0.15) is 0 Å². The third-order valence-corrected chi connectivity index (χ3v) is 1.51. The fraction of sp³-hybridized carbons (Fsp3) is 0. The molecule has 0 atom stereocenters. The van der Waals surface area contributed by atoms with Gasteiger partial charge in [-0.1, -0.05) is 17.7 Å². The maximum atomic E-state index is 10.1. The van der Waals surface area contributed by atoms with Crippen molar-refractivity contribution in [1.82, 2.24) is 4.98 Å². The molecular formula is C8H6ClNO2. The molecule has 0 fully saturated rings. The van der Waals surface area contributed by atoms with Crippen molar-refractivity contribution in [3.8, 4) is 0 Å². The average Bonchev–Trinajstić information content (AvgIpc) is 2.03. The van der Waals surface area contributed by atoms with Gasteiger partial charge >= 0.3 is 5.97 Å². The molecule has 0 aliphatic carbocycles. The Hall–Kier alpha value is -1.35. The number of rotatable bonds is 2. The zero-order valence-electron chi connectivity index (χ0n) is 6.07. The van der Waals surface area contributed by atoms with E-state index < -0.39 is 5.97 Å². The van der Waals surface area contributed by atoms with Gasteiger partial charge in [0.25, 0.3) is 0 Å². The van der Waals surface area contributed by atoms with Crippen LogP contribution in [0.3, 0.4) is 0 Å². The maximum absolute atomic E-state index is 10.1. The summed E-state index contributed by atoms with van der Waals surface area (Å²) in [7, 11) is 0. The van der Waals surface area contributed by atoms with Crippen LogP contribution in [0.25, 0.3) is 6.08 Å². The van der Waals surface area contributed by atoms with Crippen LogP contribution < -0.4 is 0 Å². The Labute approximate surface area is 74.3 Å². The summed E-state index contributed by atoms with van der Waals surface area (Å²) in [5.41, 5.74) is 0.599. The van der Waals surface area contributed by atoms with E-state index in [1.54, 1.807) is 18.3 Å². The number of aromatic nitrogens is 1. The molecule has 0 aliphatic rings. The molecule has 1 N–H and O–H groups in total. The molecule has 0 aliphatic heterocycles. The highest BCUT2D eigenvalue weighted by atomic mass is 35.5. The van der Waals surface area contributed by atoms with Crippen LogP contribution >= 0.6 is 11.6 Å². The number of hydrogen-bond acceptors (Lipinski definition) is 2. The second-order valence-electron chi connectivity index (χ2n) is 2.06. The van der Waals surface area contributed by atoms with Crippen LogP contribution in [0.2, 0.25) is 5.15 Å². The van der Waals surface area contributed by atoms with Crippen molar-refractivity contribution < 1.29 is 9.90 Å². The molecule has 0 bridgehead atoms. The van der Waals surface area contributed by atoms with Crippen LogP contribution in [-0.4, -0.2) is 16.1 Å². The smallest absolute Gasteiger partial charge is 0.328 e. The molecule has 0 aromatic carbocycles. The molecule has 1 aromatic rings. The molecule has 0 amide bonds. The molecule has 12 heavy (non-hydrogen) atoms. The van der Waals surface area contributed by atoms with Crippen molar-refractivity contribution in [2.45, 2.75) is 0 Å². The van der Waals surface area contributed by atoms with E-state index in [-0.39, 0.29) is 0 Å².